The van der Waals surface area contributed by atoms with Gasteiger partial charge in [-0.05, 0) is 42.0 Å². The molecule has 0 saturated heterocycles. The molecule has 7 nitrogen and oxygen atoms in total. The van der Waals surface area contributed by atoms with Crippen LogP contribution in [0.5, 0.6) is 11.5 Å². The van der Waals surface area contributed by atoms with Gasteiger partial charge in [0.05, 0.1) is 23.8 Å². The monoisotopic (exact) mass is 435 g/mol. The first-order valence-corrected chi connectivity index (χ1v) is 10.1. The van der Waals surface area contributed by atoms with Crippen LogP contribution >= 0.6 is 11.6 Å². The van der Waals surface area contributed by atoms with Gasteiger partial charge >= 0.3 is 0 Å². The van der Waals surface area contributed by atoms with Crippen molar-refractivity contribution in [2.24, 2.45) is 5.10 Å². The number of hydrazone groups is 1. The summed E-state index contributed by atoms with van der Waals surface area (Å²) in [6.45, 7) is 0. The van der Waals surface area contributed by atoms with Crippen molar-refractivity contribution in [1.29, 1.82) is 0 Å². The van der Waals surface area contributed by atoms with Crippen molar-refractivity contribution in [1.82, 2.24) is 5.01 Å². The van der Waals surface area contributed by atoms with Gasteiger partial charge < -0.3 is 9.47 Å². The Morgan fingerprint density at radius 2 is 1.94 bits per heavy atom. The molecule has 0 aromatic heterocycles. The number of nitro benzene ring substituents is 1. The molecule has 2 heterocycles. The highest BCUT2D eigenvalue weighted by Gasteiger charge is 2.41. The van der Waals surface area contributed by atoms with Crippen LogP contribution in [0.2, 0.25) is 5.02 Å². The SMILES string of the molecule is COc1ccc(C2=NN3[C@@H](c4ccc(Cl)c([N+](=O)[O-])c4)Oc4ccccc4[C@@H]3C2)cc1. The molecule has 8 heteroatoms. The number of fused-ring (bicyclic) bond motifs is 3. The van der Waals surface area contributed by atoms with Gasteiger partial charge in [-0.25, -0.2) is 5.01 Å². The molecule has 3 aromatic carbocycles. The van der Waals surface area contributed by atoms with Crippen molar-refractivity contribution >= 4 is 23.0 Å². The molecule has 0 fully saturated rings. The lowest BCUT2D eigenvalue weighted by molar-refractivity contribution is -0.384. The van der Waals surface area contributed by atoms with E-state index < -0.39 is 11.2 Å². The van der Waals surface area contributed by atoms with Gasteiger partial charge in [0.2, 0.25) is 6.23 Å². The number of benzene rings is 3. The molecule has 3 aromatic rings. The Morgan fingerprint density at radius 1 is 1.16 bits per heavy atom. The molecule has 31 heavy (non-hydrogen) atoms. The third-order valence-electron chi connectivity index (χ3n) is 5.57. The van der Waals surface area contributed by atoms with Crippen LogP contribution in [-0.2, 0) is 0 Å². The van der Waals surface area contributed by atoms with E-state index >= 15 is 0 Å². The van der Waals surface area contributed by atoms with E-state index in [-0.39, 0.29) is 16.8 Å². The minimum atomic E-state index is -0.605. The van der Waals surface area contributed by atoms with Crippen molar-refractivity contribution in [2.45, 2.75) is 18.7 Å². The van der Waals surface area contributed by atoms with Crippen LogP contribution < -0.4 is 9.47 Å². The third-order valence-corrected chi connectivity index (χ3v) is 5.89. The average molecular weight is 436 g/mol. The molecule has 0 bridgehead atoms. The molecule has 0 spiro atoms. The van der Waals surface area contributed by atoms with Crippen LogP contribution in [0.25, 0.3) is 0 Å². The fourth-order valence-corrected chi connectivity index (χ4v) is 4.22. The van der Waals surface area contributed by atoms with Gasteiger partial charge in [-0.2, -0.15) is 5.10 Å². The Hall–Kier alpha value is -3.58. The van der Waals surface area contributed by atoms with Gasteiger partial charge in [0, 0.05) is 23.6 Å². The van der Waals surface area contributed by atoms with Crippen molar-refractivity contribution < 1.29 is 14.4 Å². The van der Waals surface area contributed by atoms with Gasteiger partial charge in [0.1, 0.15) is 16.5 Å². The molecule has 156 valence electrons. The molecule has 5 rings (SSSR count). The molecule has 0 N–H and O–H groups in total. The topological polar surface area (TPSA) is 77.2 Å². The predicted molar refractivity (Wildman–Crippen MR) is 117 cm³/mol. The maximum absolute atomic E-state index is 11.4. The first-order valence-electron chi connectivity index (χ1n) is 9.75. The van der Waals surface area contributed by atoms with Crippen LogP contribution in [0.4, 0.5) is 5.69 Å². The summed E-state index contributed by atoms with van der Waals surface area (Å²) in [6.07, 6.45) is 0.0884. The molecule has 2 atom stereocenters. The summed E-state index contributed by atoms with van der Waals surface area (Å²) in [7, 11) is 1.63. The van der Waals surface area contributed by atoms with E-state index in [4.69, 9.17) is 26.2 Å². The number of hydrogen-bond donors (Lipinski definition) is 0. The summed E-state index contributed by atoms with van der Waals surface area (Å²) < 4.78 is 11.5. The lowest BCUT2D eigenvalue weighted by Crippen LogP contribution is -2.33. The normalized spacial score (nSPS) is 19.2. The number of methoxy groups -OCH3 is 1. The van der Waals surface area contributed by atoms with Gasteiger partial charge in [-0.3, -0.25) is 10.1 Å². The van der Waals surface area contributed by atoms with Gasteiger partial charge in [0.15, 0.2) is 0 Å². The zero-order valence-electron chi connectivity index (χ0n) is 16.6. The molecular formula is C23H18ClN3O4. The van der Waals surface area contributed by atoms with Crippen molar-refractivity contribution in [3.05, 3.63) is 98.6 Å². The number of hydrogen-bond acceptors (Lipinski definition) is 6. The molecular weight excluding hydrogens is 418 g/mol. The summed E-state index contributed by atoms with van der Waals surface area (Å²) in [5.74, 6) is 1.53. The van der Waals surface area contributed by atoms with Crippen LogP contribution in [0, 0.1) is 10.1 Å². The Kier molecular flexibility index (Phi) is 4.75. The standard InChI is InChI=1S/C23H18ClN3O4/c1-30-16-9-6-14(7-10-16)19-13-20-17-4-2-3-5-22(17)31-23(26(20)25-19)15-8-11-18(24)21(12-15)27(28)29/h2-12,20,23H,13H2,1H3/t20-,23+/m0/s1. The number of para-hydroxylation sites is 1. The van der Waals surface area contributed by atoms with E-state index in [0.29, 0.717) is 12.0 Å². The smallest absolute Gasteiger partial charge is 0.288 e. The fourth-order valence-electron chi connectivity index (χ4n) is 4.04. The second-order valence-corrected chi connectivity index (χ2v) is 7.76. The molecule has 2 aliphatic heterocycles. The quantitative estimate of drug-likeness (QED) is 0.399. The number of rotatable bonds is 4. The Balaban J connectivity index is 1.58. The first kappa shape index (κ1) is 19.4. The second-order valence-electron chi connectivity index (χ2n) is 7.35. The van der Waals surface area contributed by atoms with E-state index in [9.17, 15) is 10.1 Å². The summed E-state index contributed by atoms with van der Waals surface area (Å²) in [6, 6.07) is 20.3. The van der Waals surface area contributed by atoms with Gasteiger partial charge in [-0.15, -0.1) is 0 Å². The van der Waals surface area contributed by atoms with Crippen LogP contribution in [-0.4, -0.2) is 22.8 Å². The Bertz CT molecular complexity index is 1200. The highest BCUT2D eigenvalue weighted by atomic mass is 35.5. The van der Waals surface area contributed by atoms with Gasteiger partial charge in [-0.1, -0.05) is 35.9 Å². The van der Waals surface area contributed by atoms with E-state index in [1.54, 1.807) is 13.2 Å². The largest absolute Gasteiger partial charge is 0.497 e. The summed E-state index contributed by atoms with van der Waals surface area (Å²) in [5, 5.41) is 18.2. The van der Waals surface area contributed by atoms with Gasteiger partial charge in [0.25, 0.3) is 5.69 Å². The summed E-state index contributed by atoms with van der Waals surface area (Å²) >= 11 is 6.02. The lowest BCUT2D eigenvalue weighted by Gasteiger charge is -2.38. The van der Waals surface area contributed by atoms with E-state index in [2.05, 4.69) is 0 Å². The zero-order valence-corrected chi connectivity index (χ0v) is 17.3. The maximum atomic E-state index is 11.4. The number of nitrogens with zero attached hydrogens (tertiary/aromatic N) is 3. The molecule has 0 aliphatic carbocycles. The average Bonchev–Trinajstić information content (AvgIpc) is 3.24. The fraction of sp³-hybridized carbons (Fsp3) is 0.174. The zero-order chi connectivity index (χ0) is 21.5. The lowest BCUT2D eigenvalue weighted by atomic mass is 9.96. The summed E-state index contributed by atoms with van der Waals surface area (Å²) in [5.41, 5.74) is 3.41. The highest BCUT2D eigenvalue weighted by molar-refractivity contribution is 6.32. The van der Waals surface area contributed by atoms with E-state index in [1.165, 1.54) is 12.1 Å². The van der Waals surface area contributed by atoms with E-state index in [0.717, 1.165) is 28.3 Å². The van der Waals surface area contributed by atoms with E-state index in [1.807, 2.05) is 53.5 Å². The summed E-state index contributed by atoms with van der Waals surface area (Å²) in [4.78, 5) is 10.9. The predicted octanol–water partition coefficient (Wildman–Crippen LogP) is 5.50. The Labute approximate surface area is 183 Å². The van der Waals surface area contributed by atoms with Crippen LogP contribution in [0.3, 0.4) is 0 Å². The third kappa shape index (κ3) is 3.37. The molecule has 0 saturated carbocycles. The van der Waals surface area contributed by atoms with Crippen LogP contribution in [0.1, 0.15) is 35.4 Å². The molecule has 0 unspecified atom stereocenters. The van der Waals surface area contributed by atoms with Crippen molar-refractivity contribution in [2.75, 3.05) is 7.11 Å². The highest BCUT2D eigenvalue weighted by Crippen LogP contribution is 2.48. The van der Waals surface area contributed by atoms with Crippen molar-refractivity contribution in [3.8, 4) is 11.5 Å². The minimum Gasteiger partial charge on any atom is -0.497 e. The molecule has 0 radical (unpaired) electrons. The maximum Gasteiger partial charge on any atom is 0.288 e. The number of nitro groups is 1. The molecule has 2 aliphatic rings. The minimum absolute atomic E-state index is 0.0400. The first-order chi connectivity index (χ1) is 15.0. The Morgan fingerprint density at radius 3 is 2.68 bits per heavy atom. The van der Waals surface area contributed by atoms with Crippen molar-refractivity contribution in [3.63, 3.8) is 0 Å². The number of ether oxygens (including phenoxy) is 2. The second kappa shape index (κ2) is 7.59. The number of halogens is 1. The molecule has 0 amide bonds. The van der Waals surface area contributed by atoms with Crippen LogP contribution in [0.15, 0.2) is 71.8 Å².